The van der Waals surface area contributed by atoms with Crippen molar-refractivity contribution in [3.8, 4) is 0 Å². The van der Waals surface area contributed by atoms with E-state index in [1.165, 1.54) is 4.90 Å². The molecule has 36 heavy (non-hydrogen) atoms. The summed E-state index contributed by atoms with van der Waals surface area (Å²) in [6.45, 7) is 6.62. The highest BCUT2D eigenvalue weighted by Crippen LogP contribution is 2.32. The molecule has 2 fully saturated rings. The number of fused-ring (bicyclic) bond motifs is 1. The number of hydrogen-bond acceptors (Lipinski definition) is 6. The number of rotatable bonds is 6. The average molecular weight is 496 g/mol. The zero-order valence-corrected chi connectivity index (χ0v) is 20.5. The van der Waals surface area contributed by atoms with E-state index in [0.717, 1.165) is 18.7 Å². The van der Waals surface area contributed by atoms with Crippen LogP contribution in [0.3, 0.4) is 0 Å². The lowest BCUT2D eigenvalue weighted by Gasteiger charge is -2.35. The van der Waals surface area contributed by atoms with E-state index >= 15 is 0 Å². The van der Waals surface area contributed by atoms with E-state index in [-0.39, 0.29) is 44.0 Å². The quantitative estimate of drug-likeness (QED) is 0.599. The number of benzene rings is 2. The van der Waals surface area contributed by atoms with Gasteiger partial charge in [-0.25, -0.2) is 4.39 Å². The van der Waals surface area contributed by atoms with E-state index < -0.39 is 23.7 Å². The van der Waals surface area contributed by atoms with Gasteiger partial charge in [0.1, 0.15) is 11.8 Å². The molecule has 0 aromatic heterocycles. The number of amides is 3. The van der Waals surface area contributed by atoms with Gasteiger partial charge < -0.3 is 15.0 Å². The van der Waals surface area contributed by atoms with Crippen molar-refractivity contribution < 1.29 is 24.9 Å². The van der Waals surface area contributed by atoms with E-state index in [1.54, 1.807) is 30.3 Å². The van der Waals surface area contributed by atoms with Gasteiger partial charge in [0.2, 0.25) is 11.8 Å². The maximum Gasteiger partial charge on any atom is 0.255 e. The highest BCUT2D eigenvalue weighted by molar-refractivity contribution is 6.06. The SMILES string of the molecule is [2H][C@]1(N2Cc3c(NCc4ccc(CN5CC(C)OC(C)C5)cc4F)cccc3C2=O)CCC(=O)NC1=O. The van der Waals surface area contributed by atoms with Gasteiger partial charge in [-0.1, -0.05) is 18.2 Å². The number of imide groups is 1. The second-order valence-corrected chi connectivity index (χ2v) is 9.78. The molecule has 2 aromatic rings. The summed E-state index contributed by atoms with van der Waals surface area (Å²) in [6.07, 6.45) is 0.235. The average Bonchev–Trinajstić information content (AvgIpc) is 3.18. The van der Waals surface area contributed by atoms with E-state index in [4.69, 9.17) is 6.11 Å². The van der Waals surface area contributed by atoms with Crippen molar-refractivity contribution in [2.45, 2.75) is 64.5 Å². The lowest BCUT2D eigenvalue weighted by atomic mass is 10.0. The Kier molecular flexibility index (Phi) is 6.41. The summed E-state index contributed by atoms with van der Waals surface area (Å²) < 4.78 is 29.4. The third-order valence-electron chi connectivity index (χ3n) is 6.89. The largest absolute Gasteiger partial charge is 0.381 e. The van der Waals surface area contributed by atoms with E-state index in [0.29, 0.717) is 28.9 Å². The van der Waals surface area contributed by atoms with Gasteiger partial charge in [0.25, 0.3) is 5.91 Å². The smallest absolute Gasteiger partial charge is 0.255 e. The molecule has 3 amide bonds. The summed E-state index contributed by atoms with van der Waals surface area (Å²) in [5, 5.41) is 5.40. The third kappa shape index (κ3) is 4.99. The summed E-state index contributed by atoms with van der Waals surface area (Å²) in [5.41, 5.74) is 3.08. The maximum absolute atomic E-state index is 15.0. The van der Waals surface area contributed by atoms with Crippen molar-refractivity contribution in [1.29, 1.82) is 0 Å². The molecule has 3 aliphatic rings. The Morgan fingerprint density at radius 2 is 1.94 bits per heavy atom. The van der Waals surface area contributed by atoms with Crippen LogP contribution >= 0.6 is 0 Å². The number of hydrogen-bond donors (Lipinski definition) is 2. The lowest BCUT2D eigenvalue weighted by Crippen LogP contribution is -2.52. The fourth-order valence-electron chi connectivity index (χ4n) is 5.28. The van der Waals surface area contributed by atoms with E-state index in [1.807, 2.05) is 19.9 Å². The fraction of sp³-hybridized carbons (Fsp3) is 0.444. The molecule has 0 saturated carbocycles. The number of carbonyl (C=O) groups excluding carboxylic acids is 3. The van der Waals surface area contributed by atoms with E-state index in [2.05, 4.69) is 15.5 Å². The molecule has 0 bridgehead atoms. The molecule has 3 atom stereocenters. The Morgan fingerprint density at radius 1 is 1.17 bits per heavy atom. The first kappa shape index (κ1) is 23.1. The van der Waals surface area contributed by atoms with Gasteiger partial charge in [-0.2, -0.15) is 0 Å². The van der Waals surface area contributed by atoms with Crippen LogP contribution in [0.4, 0.5) is 10.1 Å². The first-order valence-corrected chi connectivity index (χ1v) is 12.3. The van der Waals surface area contributed by atoms with Gasteiger partial charge in [-0.15, -0.1) is 0 Å². The molecule has 2 saturated heterocycles. The Morgan fingerprint density at radius 3 is 2.67 bits per heavy atom. The van der Waals surface area contributed by atoms with Crippen molar-refractivity contribution in [2.75, 3.05) is 18.4 Å². The first-order chi connectivity index (χ1) is 17.6. The van der Waals surface area contributed by atoms with Crippen LogP contribution in [-0.4, -0.2) is 58.8 Å². The number of ether oxygens (including phenoxy) is 1. The molecule has 190 valence electrons. The molecule has 0 radical (unpaired) electrons. The van der Waals surface area contributed by atoms with Crippen LogP contribution in [0.2, 0.25) is 0 Å². The van der Waals surface area contributed by atoms with Crippen molar-refractivity contribution in [2.24, 2.45) is 0 Å². The minimum atomic E-state index is -1.85. The zero-order valence-electron chi connectivity index (χ0n) is 21.5. The summed E-state index contributed by atoms with van der Waals surface area (Å²) in [6, 6.07) is 8.58. The van der Waals surface area contributed by atoms with Crippen LogP contribution in [-0.2, 0) is 34.0 Å². The van der Waals surface area contributed by atoms with Crippen molar-refractivity contribution >= 4 is 23.4 Å². The van der Waals surface area contributed by atoms with E-state index in [9.17, 15) is 18.8 Å². The van der Waals surface area contributed by atoms with Crippen molar-refractivity contribution in [3.63, 3.8) is 0 Å². The van der Waals surface area contributed by atoms with Gasteiger partial charge in [0, 0.05) is 61.5 Å². The van der Waals surface area contributed by atoms with Crippen LogP contribution in [0.15, 0.2) is 36.4 Å². The van der Waals surface area contributed by atoms with Crippen molar-refractivity contribution in [1.82, 2.24) is 15.1 Å². The first-order valence-electron chi connectivity index (χ1n) is 12.8. The predicted octanol–water partition coefficient (Wildman–Crippen LogP) is 2.81. The molecular formula is C27H31FN4O4. The van der Waals surface area contributed by atoms with Crippen LogP contribution < -0.4 is 10.6 Å². The Bertz CT molecular complexity index is 1250. The maximum atomic E-state index is 15.0. The molecule has 0 aliphatic carbocycles. The number of morpholine rings is 1. The second-order valence-electron chi connectivity index (χ2n) is 9.78. The molecule has 8 nitrogen and oxygen atoms in total. The highest BCUT2D eigenvalue weighted by Gasteiger charge is 2.39. The normalized spacial score (nSPS) is 27.0. The molecule has 2 unspecified atom stereocenters. The molecule has 5 rings (SSSR count). The number of halogens is 1. The van der Waals surface area contributed by atoms with Gasteiger partial charge in [-0.3, -0.25) is 24.6 Å². The zero-order chi connectivity index (χ0) is 26.3. The molecule has 2 aromatic carbocycles. The summed E-state index contributed by atoms with van der Waals surface area (Å²) in [5.74, 6) is -1.97. The van der Waals surface area contributed by atoms with Crippen LogP contribution in [0, 0.1) is 5.82 Å². The minimum absolute atomic E-state index is 0.000661. The van der Waals surface area contributed by atoms with Crippen LogP contribution in [0.25, 0.3) is 0 Å². The molecule has 2 N–H and O–H groups in total. The molecule has 3 aliphatic heterocycles. The Hall–Kier alpha value is -3.30. The Labute approximate surface area is 211 Å². The third-order valence-corrected chi connectivity index (χ3v) is 6.89. The topological polar surface area (TPSA) is 91.0 Å². The Balaban J connectivity index is 1.27. The minimum Gasteiger partial charge on any atom is -0.381 e. The number of nitrogens with one attached hydrogen (secondary N) is 2. The van der Waals surface area contributed by atoms with Gasteiger partial charge in [0.05, 0.1) is 13.6 Å². The van der Waals surface area contributed by atoms with Gasteiger partial charge >= 0.3 is 0 Å². The van der Waals surface area contributed by atoms with Crippen molar-refractivity contribution in [3.05, 3.63) is 64.5 Å². The fourth-order valence-corrected chi connectivity index (χ4v) is 5.28. The molecule has 0 spiro atoms. The second kappa shape index (κ2) is 9.99. The number of nitrogens with zero attached hydrogens (tertiary/aromatic N) is 2. The van der Waals surface area contributed by atoms with Crippen LogP contribution in [0.1, 0.15) is 55.1 Å². The summed E-state index contributed by atoms with van der Waals surface area (Å²) in [4.78, 5) is 40.6. The predicted molar refractivity (Wildman–Crippen MR) is 131 cm³/mol. The van der Waals surface area contributed by atoms with Gasteiger partial charge in [-0.05, 0) is 44.0 Å². The molecular weight excluding hydrogens is 463 g/mol. The molecule has 9 heteroatoms. The lowest BCUT2D eigenvalue weighted by molar-refractivity contribution is -0.136. The number of anilines is 1. The molecule has 3 heterocycles. The summed E-state index contributed by atoms with van der Waals surface area (Å²) >= 11 is 0. The monoisotopic (exact) mass is 495 g/mol. The van der Waals surface area contributed by atoms with Gasteiger partial charge in [0.15, 0.2) is 0 Å². The number of piperidine rings is 1. The highest BCUT2D eigenvalue weighted by atomic mass is 19.1. The summed E-state index contributed by atoms with van der Waals surface area (Å²) in [7, 11) is 0. The standard InChI is InChI=1S/C27H31FN4O4/c1-16-12-31(13-17(2)36-16)14-18-6-7-19(22(28)10-18)11-29-23-5-3-4-20-21(23)15-32(27(20)35)24-8-9-25(33)30-26(24)34/h3-7,10,16-17,24,29H,8-9,11-15H2,1-2H3,(H,30,33,34)/t16?,17?,24-/m0/s1/i24D. The van der Waals surface area contributed by atoms with Crippen LogP contribution in [0.5, 0.6) is 0 Å². The number of carbonyl (C=O) groups is 3.